The number of benzene rings is 1. The van der Waals surface area contributed by atoms with E-state index in [0.717, 1.165) is 21.7 Å². The fourth-order valence-corrected chi connectivity index (χ4v) is 2.50. The smallest absolute Gasteiger partial charge is 0.408 e. The summed E-state index contributed by atoms with van der Waals surface area (Å²) >= 11 is 3.49. The van der Waals surface area contributed by atoms with Crippen LogP contribution in [-0.4, -0.2) is 14.5 Å². The van der Waals surface area contributed by atoms with Crippen LogP contribution in [0.25, 0.3) is 22.4 Å². The van der Waals surface area contributed by atoms with Gasteiger partial charge in [-0.3, -0.25) is 4.98 Å². The third kappa shape index (κ3) is 1.91. The Morgan fingerprint density at radius 1 is 1.53 bits per heavy atom. The number of rotatable bonds is 2. The zero-order chi connectivity index (χ0) is 13.6. The van der Waals surface area contributed by atoms with Gasteiger partial charge >= 0.3 is 5.76 Å². The van der Waals surface area contributed by atoms with E-state index in [-0.39, 0.29) is 0 Å². The summed E-state index contributed by atoms with van der Waals surface area (Å²) < 4.78 is 7.77. The first-order valence-electron chi connectivity index (χ1n) is 5.64. The highest BCUT2D eigenvalue weighted by atomic mass is 79.9. The van der Waals surface area contributed by atoms with E-state index in [1.807, 2.05) is 17.7 Å². The monoisotopic (exact) mass is 322 g/mol. The molecule has 3 N–H and O–H groups in total. The highest BCUT2D eigenvalue weighted by molar-refractivity contribution is 9.10. The minimum atomic E-state index is -0.463. The summed E-state index contributed by atoms with van der Waals surface area (Å²) in [5.41, 5.74) is 8.44. The molecular weight excluding hydrogens is 312 g/mol. The molecule has 3 aromatic rings. The summed E-state index contributed by atoms with van der Waals surface area (Å²) in [6.07, 6.45) is 0. The lowest BCUT2D eigenvalue weighted by Crippen LogP contribution is -2.04. The van der Waals surface area contributed by atoms with Gasteiger partial charge in [-0.05, 0) is 28.1 Å². The van der Waals surface area contributed by atoms with Crippen molar-refractivity contribution in [2.24, 2.45) is 12.8 Å². The van der Waals surface area contributed by atoms with Gasteiger partial charge in [-0.1, -0.05) is 6.07 Å². The fourth-order valence-electron chi connectivity index (χ4n) is 1.98. The number of nitrogens with one attached hydrogen (secondary N) is 1. The van der Waals surface area contributed by atoms with Gasteiger partial charge in [0, 0.05) is 12.6 Å². The Balaban J connectivity index is 2.21. The lowest BCUT2D eigenvalue weighted by Gasteiger charge is -1.99. The number of nitrogens with zero attached hydrogens (tertiary/aromatic N) is 2. The van der Waals surface area contributed by atoms with Gasteiger partial charge in [0.25, 0.3) is 0 Å². The zero-order valence-electron chi connectivity index (χ0n) is 10.1. The van der Waals surface area contributed by atoms with E-state index in [1.54, 1.807) is 12.1 Å². The van der Waals surface area contributed by atoms with E-state index in [1.165, 1.54) is 0 Å². The van der Waals surface area contributed by atoms with Gasteiger partial charge in [0.15, 0.2) is 5.58 Å². The number of aromatic amines is 1. The lowest BCUT2D eigenvalue weighted by molar-refractivity contribution is 0.555. The summed E-state index contributed by atoms with van der Waals surface area (Å²) in [6.45, 7) is 0.358. The molecule has 19 heavy (non-hydrogen) atoms. The van der Waals surface area contributed by atoms with E-state index in [9.17, 15) is 4.79 Å². The van der Waals surface area contributed by atoms with Crippen molar-refractivity contribution in [3.05, 3.63) is 39.2 Å². The standard InChI is InChI=1S/C12H11BrN4O2/c1-17-9(5-14)16-10(11(17)13)6-2-3-7-8(4-6)19-12(18)15-7/h2-4H,5,14H2,1H3,(H,15,18). The molecule has 0 fully saturated rings. The van der Waals surface area contributed by atoms with Crippen LogP contribution < -0.4 is 11.5 Å². The minimum absolute atomic E-state index is 0.358. The molecule has 0 radical (unpaired) electrons. The van der Waals surface area contributed by atoms with Crippen molar-refractivity contribution in [2.45, 2.75) is 6.54 Å². The third-order valence-corrected chi connectivity index (χ3v) is 3.90. The van der Waals surface area contributed by atoms with Crippen LogP contribution >= 0.6 is 15.9 Å². The van der Waals surface area contributed by atoms with Crippen molar-refractivity contribution in [1.29, 1.82) is 0 Å². The molecule has 0 saturated carbocycles. The first-order valence-corrected chi connectivity index (χ1v) is 6.44. The van der Waals surface area contributed by atoms with Crippen LogP contribution in [0.15, 0.2) is 32.0 Å². The van der Waals surface area contributed by atoms with Crippen molar-refractivity contribution in [3.63, 3.8) is 0 Å². The topological polar surface area (TPSA) is 89.8 Å². The highest BCUT2D eigenvalue weighted by Crippen LogP contribution is 2.29. The first kappa shape index (κ1) is 12.2. The van der Waals surface area contributed by atoms with Gasteiger partial charge < -0.3 is 14.7 Å². The number of aromatic nitrogens is 3. The Hall–Kier alpha value is -1.86. The predicted octanol–water partition coefficient (Wildman–Crippen LogP) is 1.74. The molecule has 0 bridgehead atoms. The van der Waals surface area contributed by atoms with Crippen molar-refractivity contribution >= 4 is 27.0 Å². The number of oxazole rings is 1. The van der Waals surface area contributed by atoms with Gasteiger partial charge in [0.05, 0.1) is 12.1 Å². The molecule has 0 saturated heterocycles. The van der Waals surface area contributed by atoms with Crippen LogP contribution in [0.4, 0.5) is 0 Å². The quantitative estimate of drug-likeness (QED) is 0.752. The molecule has 3 rings (SSSR count). The Labute approximate surface area is 116 Å². The van der Waals surface area contributed by atoms with Crippen molar-refractivity contribution < 1.29 is 4.42 Å². The van der Waals surface area contributed by atoms with Gasteiger partial charge in [-0.15, -0.1) is 0 Å². The van der Waals surface area contributed by atoms with E-state index >= 15 is 0 Å². The molecular formula is C12H11BrN4O2. The molecule has 7 heteroatoms. The second kappa shape index (κ2) is 4.36. The average molecular weight is 323 g/mol. The Bertz CT molecular complexity index is 815. The van der Waals surface area contributed by atoms with Crippen LogP contribution in [0.3, 0.4) is 0 Å². The summed E-state index contributed by atoms with van der Waals surface area (Å²) in [5, 5.41) is 0. The number of H-pyrrole nitrogens is 1. The van der Waals surface area contributed by atoms with Crippen LogP contribution in [0, 0.1) is 0 Å². The third-order valence-electron chi connectivity index (χ3n) is 2.99. The lowest BCUT2D eigenvalue weighted by atomic mass is 10.1. The normalized spacial score (nSPS) is 11.3. The first-order chi connectivity index (χ1) is 9.10. The van der Waals surface area contributed by atoms with Gasteiger partial charge in [0.2, 0.25) is 0 Å². The molecule has 0 atom stereocenters. The summed E-state index contributed by atoms with van der Waals surface area (Å²) in [7, 11) is 1.89. The molecule has 6 nitrogen and oxygen atoms in total. The van der Waals surface area contributed by atoms with Crippen molar-refractivity contribution in [2.75, 3.05) is 0 Å². The maximum Gasteiger partial charge on any atom is 0.417 e. The van der Waals surface area contributed by atoms with E-state index in [2.05, 4.69) is 25.9 Å². The van der Waals surface area contributed by atoms with Crippen LogP contribution in [0.5, 0.6) is 0 Å². The summed E-state index contributed by atoms with van der Waals surface area (Å²) in [4.78, 5) is 18.2. The molecule has 1 aromatic carbocycles. The average Bonchev–Trinajstić information content (AvgIpc) is 2.90. The number of hydrogen-bond acceptors (Lipinski definition) is 4. The van der Waals surface area contributed by atoms with E-state index in [0.29, 0.717) is 17.6 Å². The van der Waals surface area contributed by atoms with Gasteiger partial charge in [0.1, 0.15) is 16.1 Å². The van der Waals surface area contributed by atoms with Crippen LogP contribution in [-0.2, 0) is 13.6 Å². The number of hydrogen-bond donors (Lipinski definition) is 2. The SMILES string of the molecule is Cn1c(CN)nc(-c2ccc3[nH]c(=O)oc3c2)c1Br. The van der Waals surface area contributed by atoms with E-state index < -0.39 is 5.76 Å². The van der Waals surface area contributed by atoms with Crippen LogP contribution in [0.2, 0.25) is 0 Å². The van der Waals surface area contributed by atoms with Gasteiger partial charge in [-0.25, -0.2) is 9.78 Å². The molecule has 0 amide bonds. The van der Waals surface area contributed by atoms with Crippen molar-refractivity contribution in [1.82, 2.24) is 14.5 Å². The predicted molar refractivity (Wildman–Crippen MR) is 74.6 cm³/mol. The maximum atomic E-state index is 11.1. The maximum absolute atomic E-state index is 11.1. The molecule has 0 unspecified atom stereocenters. The molecule has 0 aliphatic heterocycles. The largest absolute Gasteiger partial charge is 0.417 e. The zero-order valence-corrected chi connectivity index (χ0v) is 11.7. The second-order valence-electron chi connectivity index (χ2n) is 4.16. The molecule has 0 aliphatic carbocycles. The molecule has 0 aliphatic rings. The second-order valence-corrected chi connectivity index (χ2v) is 4.91. The molecule has 0 spiro atoms. The van der Waals surface area contributed by atoms with Gasteiger partial charge in [-0.2, -0.15) is 0 Å². The Morgan fingerprint density at radius 3 is 3.00 bits per heavy atom. The molecule has 98 valence electrons. The number of halogens is 1. The number of imidazole rings is 1. The van der Waals surface area contributed by atoms with Crippen molar-refractivity contribution in [3.8, 4) is 11.3 Å². The van der Waals surface area contributed by atoms with E-state index in [4.69, 9.17) is 10.2 Å². The highest BCUT2D eigenvalue weighted by Gasteiger charge is 2.14. The minimum Gasteiger partial charge on any atom is -0.408 e. The Kier molecular flexibility index (Phi) is 2.79. The Morgan fingerprint density at radius 2 is 2.32 bits per heavy atom. The van der Waals surface area contributed by atoms with Crippen LogP contribution in [0.1, 0.15) is 5.82 Å². The molecule has 2 aromatic heterocycles. The summed E-state index contributed by atoms with van der Waals surface area (Å²) in [5.74, 6) is 0.312. The number of nitrogens with two attached hydrogens (primary N) is 1. The fraction of sp³-hybridized carbons (Fsp3) is 0.167. The number of fused-ring (bicyclic) bond motifs is 1. The summed E-state index contributed by atoms with van der Waals surface area (Å²) in [6, 6.07) is 5.45. The molecule has 2 heterocycles.